The molecule has 4 heterocycles. The van der Waals surface area contributed by atoms with Gasteiger partial charge in [0.1, 0.15) is 0 Å². The molecular weight excluding hydrogens is 376 g/mol. The first-order valence-corrected chi connectivity index (χ1v) is 10.3. The molecule has 0 spiro atoms. The number of aromatic nitrogens is 2. The largest absolute Gasteiger partial charge is 0.378 e. The van der Waals surface area contributed by atoms with Gasteiger partial charge in [0.05, 0.1) is 24.5 Å². The van der Waals surface area contributed by atoms with Gasteiger partial charge in [0, 0.05) is 54.9 Å². The van der Waals surface area contributed by atoms with E-state index in [1.165, 1.54) is 11.3 Å². The van der Waals surface area contributed by atoms with Crippen LogP contribution in [-0.4, -0.2) is 48.7 Å². The van der Waals surface area contributed by atoms with Crippen molar-refractivity contribution in [3.8, 4) is 11.3 Å². The number of para-hydroxylation sites is 1. The van der Waals surface area contributed by atoms with Crippen LogP contribution in [0.3, 0.4) is 0 Å². The predicted octanol–water partition coefficient (Wildman–Crippen LogP) is 3.37. The van der Waals surface area contributed by atoms with Crippen LogP contribution in [0, 0.1) is 0 Å². The topological polar surface area (TPSA) is 70.2 Å². The van der Waals surface area contributed by atoms with Crippen LogP contribution in [0.1, 0.15) is 27.3 Å². The zero-order chi connectivity index (χ0) is 20.3. The van der Waals surface area contributed by atoms with Crippen molar-refractivity contribution in [3.63, 3.8) is 0 Å². The molecule has 2 N–H and O–H groups in total. The molecule has 152 valence electrons. The number of carbonyl (C=O) groups is 1. The van der Waals surface area contributed by atoms with Gasteiger partial charge in [-0.15, -0.1) is 0 Å². The van der Waals surface area contributed by atoms with E-state index in [0.717, 1.165) is 60.9 Å². The highest BCUT2D eigenvalue weighted by Gasteiger charge is 2.20. The maximum absolute atomic E-state index is 12.1. The lowest BCUT2D eigenvalue weighted by Crippen LogP contribution is -2.36. The Kier molecular flexibility index (Phi) is 5.07. The SMILES string of the molecule is O=C1NCCc2[nH]c(-c3ccnc(/C=C/c4ccccc4N4CCOCC4)c3)cc21. The van der Waals surface area contributed by atoms with Crippen LogP contribution < -0.4 is 10.2 Å². The molecule has 0 unspecified atom stereocenters. The minimum atomic E-state index is -0.00681. The number of fused-ring (bicyclic) bond motifs is 1. The van der Waals surface area contributed by atoms with E-state index in [0.29, 0.717) is 6.54 Å². The minimum Gasteiger partial charge on any atom is -0.378 e. The molecule has 2 aromatic heterocycles. The summed E-state index contributed by atoms with van der Waals surface area (Å²) in [4.78, 5) is 22.3. The van der Waals surface area contributed by atoms with Crippen molar-refractivity contribution in [1.82, 2.24) is 15.3 Å². The zero-order valence-corrected chi connectivity index (χ0v) is 16.7. The van der Waals surface area contributed by atoms with Crippen LogP contribution in [0.25, 0.3) is 23.4 Å². The number of benzene rings is 1. The molecule has 6 nitrogen and oxygen atoms in total. The van der Waals surface area contributed by atoms with Gasteiger partial charge in [-0.1, -0.05) is 24.3 Å². The standard InChI is InChI=1S/C24H24N4O2/c29-24-20-16-22(27-21(20)8-10-26-24)18-7-9-25-19(15-18)6-5-17-3-1-2-4-23(17)28-11-13-30-14-12-28/h1-7,9,15-16,27H,8,10-14H2,(H,26,29)/b6-5+. The summed E-state index contributed by atoms with van der Waals surface area (Å²) in [5.41, 5.74) is 6.97. The molecular formula is C24H24N4O2. The molecule has 0 atom stereocenters. The highest BCUT2D eigenvalue weighted by molar-refractivity contribution is 5.97. The fourth-order valence-corrected chi connectivity index (χ4v) is 4.05. The molecule has 1 aromatic carbocycles. The number of ether oxygens (including phenoxy) is 1. The van der Waals surface area contributed by atoms with Crippen molar-refractivity contribution in [2.24, 2.45) is 0 Å². The van der Waals surface area contributed by atoms with Gasteiger partial charge in [0.15, 0.2) is 0 Å². The number of nitrogens with one attached hydrogen (secondary N) is 2. The molecule has 0 saturated carbocycles. The Morgan fingerprint density at radius 1 is 1.07 bits per heavy atom. The van der Waals surface area contributed by atoms with Gasteiger partial charge < -0.3 is 19.9 Å². The first kappa shape index (κ1) is 18.6. The summed E-state index contributed by atoms with van der Waals surface area (Å²) in [7, 11) is 0. The predicted molar refractivity (Wildman–Crippen MR) is 118 cm³/mol. The van der Waals surface area contributed by atoms with E-state index in [-0.39, 0.29) is 5.91 Å². The molecule has 1 saturated heterocycles. The smallest absolute Gasteiger partial charge is 0.253 e. The van der Waals surface area contributed by atoms with Gasteiger partial charge in [-0.2, -0.15) is 0 Å². The first-order chi connectivity index (χ1) is 14.8. The van der Waals surface area contributed by atoms with Gasteiger partial charge in [0.2, 0.25) is 0 Å². The summed E-state index contributed by atoms with van der Waals surface area (Å²) in [5.74, 6) is -0.00681. The monoisotopic (exact) mass is 400 g/mol. The summed E-state index contributed by atoms with van der Waals surface area (Å²) < 4.78 is 5.48. The highest BCUT2D eigenvalue weighted by Crippen LogP contribution is 2.26. The number of anilines is 1. The van der Waals surface area contributed by atoms with Crippen LogP contribution in [0.4, 0.5) is 5.69 Å². The van der Waals surface area contributed by atoms with Crippen LogP contribution in [0.2, 0.25) is 0 Å². The molecule has 0 bridgehead atoms. The molecule has 0 radical (unpaired) electrons. The number of amides is 1. The zero-order valence-electron chi connectivity index (χ0n) is 16.7. The first-order valence-electron chi connectivity index (χ1n) is 10.3. The highest BCUT2D eigenvalue weighted by atomic mass is 16.5. The average molecular weight is 400 g/mol. The van der Waals surface area contributed by atoms with Crippen molar-refractivity contribution in [1.29, 1.82) is 0 Å². The second-order valence-electron chi connectivity index (χ2n) is 7.54. The van der Waals surface area contributed by atoms with Crippen molar-refractivity contribution in [3.05, 3.63) is 71.2 Å². The van der Waals surface area contributed by atoms with E-state index in [1.54, 1.807) is 0 Å². The van der Waals surface area contributed by atoms with Crippen LogP contribution in [0.5, 0.6) is 0 Å². The second-order valence-corrected chi connectivity index (χ2v) is 7.54. The van der Waals surface area contributed by atoms with Crippen molar-refractivity contribution < 1.29 is 9.53 Å². The fraction of sp³-hybridized carbons (Fsp3) is 0.250. The number of carbonyl (C=O) groups excluding carboxylic acids is 1. The molecule has 0 aliphatic carbocycles. The third-order valence-corrected chi connectivity index (χ3v) is 5.62. The lowest BCUT2D eigenvalue weighted by atomic mass is 10.1. The van der Waals surface area contributed by atoms with E-state index >= 15 is 0 Å². The quantitative estimate of drug-likeness (QED) is 0.705. The lowest BCUT2D eigenvalue weighted by Gasteiger charge is -2.30. The Bertz CT molecular complexity index is 1100. The average Bonchev–Trinajstić information content (AvgIpc) is 3.25. The molecule has 5 rings (SSSR count). The molecule has 30 heavy (non-hydrogen) atoms. The van der Waals surface area contributed by atoms with Crippen LogP contribution in [0.15, 0.2) is 48.7 Å². The Labute approximate surface area is 175 Å². The van der Waals surface area contributed by atoms with Gasteiger partial charge in [-0.25, -0.2) is 0 Å². The third kappa shape index (κ3) is 3.74. The van der Waals surface area contributed by atoms with E-state index in [9.17, 15) is 4.79 Å². The number of hydrogen-bond acceptors (Lipinski definition) is 4. The summed E-state index contributed by atoms with van der Waals surface area (Å²) in [6.07, 6.45) is 6.79. The second kappa shape index (κ2) is 8.16. The number of H-pyrrole nitrogens is 1. The number of rotatable bonds is 4. The van der Waals surface area contributed by atoms with Gasteiger partial charge in [-0.05, 0) is 35.9 Å². The van der Waals surface area contributed by atoms with E-state index in [1.807, 2.05) is 30.5 Å². The van der Waals surface area contributed by atoms with Crippen LogP contribution >= 0.6 is 0 Å². The summed E-state index contributed by atoms with van der Waals surface area (Å²) in [6, 6.07) is 14.4. The molecule has 3 aromatic rings. The summed E-state index contributed by atoms with van der Waals surface area (Å²) in [5, 5.41) is 2.89. The normalized spacial score (nSPS) is 16.5. The number of hydrogen-bond donors (Lipinski definition) is 2. The lowest BCUT2D eigenvalue weighted by molar-refractivity contribution is 0.0946. The Balaban J connectivity index is 1.41. The van der Waals surface area contributed by atoms with Gasteiger partial charge in [-0.3, -0.25) is 9.78 Å². The third-order valence-electron chi connectivity index (χ3n) is 5.62. The summed E-state index contributed by atoms with van der Waals surface area (Å²) >= 11 is 0. The molecule has 6 heteroatoms. The number of morpholine rings is 1. The Morgan fingerprint density at radius 3 is 2.80 bits per heavy atom. The van der Waals surface area contributed by atoms with Gasteiger partial charge in [0.25, 0.3) is 5.91 Å². The minimum absolute atomic E-state index is 0.00681. The van der Waals surface area contributed by atoms with Gasteiger partial charge >= 0.3 is 0 Å². The van der Waals surface area contributed by atoms with E-state index in [4.69, 9.17) is 4.74 Å². The Morgan fingerprint density at radius 2 is 1.93 bits per heavy atom. The Hall–Kier alpha value is -3.38. The number of aromatic amines is 1. The van der Waals surface area contributed by atoms with Crippen molar-refractivity contribution in [2.75, 3.05) is 37.7 Å². The molecule has 1 amide bonds. The van der Waals surface area contributed by atoms with Crippen molar-refractivity contribution >= 4 is 23.7 Å². The molecule has 1 fully saturated rings. The van der Waals surface area contributed by atoms with E-state index in [2.05, 4.69) is 50.5 Å². The molecule has 2 aliphatic rings. The van der Waals surface area contributed by atoms with Crippen molar-refractivity contribution in [2.45, 2.75) is 6.42 Å². The number of nitrogens with zero attached hydrogens (tertiary/aromatic N) is 2. The molecule has 2 aliphatic heterocycles. The number of pyridine rings is 1. The van der Waals surface area contributed by atoms with E-state index < -0.39 is 0 Å². The summed E-state index contributed by atoms with van der Waals surface area (Å²) in [6.45, 7) is 4.02. The maximum Gasteiger partial charge on any atom is 0.253 e. The fourth-order valence-electron chi connectivity index (χ4n) is 4.05. The van der Waals surface area contributed by atoms with Crippen LogP contribution in [-0.2, 0) is 11.2 Å². The maximum atomic E-state index is 12.1.